The van der Waals surface area contributed by atoms with Gasteiger partial charge in [0, 0.05) is 6.20 Å². The zero-order valence-corrected chi connectivity index (χ0v) is 11.6. The number of aryl methyl sites for hydroxylation is 1. The molecule has 1 aromatic carbocycles. The van der Waals surface area contributed by atoms with Crippen molar-refractivity contribution >= 4 is 11.6 Å². The Morgan fingerprint density at radius 2 is 1.80 bits per heavy atom. The van der Waals surface area contributed by atoms with Crippen LogP contribution in [0, 0.1) is 6.92 Å². The first kappa shape index (κ1) is 13.9. The van der Waals surface area contributed by atoms with Gasteiger partial charge in [-0.1, -0.05) is 6.07 Å². The van der Waals surface area contributed by atoms with Gasteiger partial charge in [-0.15, -0.1) is 0 Å². The number of carbonyl (C=O) groups excluding carboxylic acids is 1. The highest BCUT2D eigenvalue weighted by Crippen LogP contribution is 2.28. The lowest BCUT2D eigenvalue weighted by atomic mass is 10.1. The van der Waals surface area contributed by atoms with Crippen LogP contribution in [0.25, 0.3) is 0 Å². The molecule has 0 spiro atoms. The summed E-state index contributed by atoms with van der Waals surface area (Å²) in [5.41, 5.74) is 1.96. The van der Waals surface area contributed by atoms with E-state index in [1.807, 2.05) is 13.0 Å². The second-order valence-corrected chi connectivity index (χ2v) is 4.24. The summed E-state index contributed by atoms with van der Waals surface area (Å²) in [5, 5.41) is 2.79. The summed E-state index contributed by atoms with van der Waals surface area (Å²) in [7, 11) is 3.03. The van der Waals surface area contributed by atoms with E-state index < -0.39 is 0 Å². The van der Waals surface area contributed by atoms with Crippen molar-refractivity contribution in [2.75, 3.05) is 19.5 Å². The number of hydrogen-bond acceptors (Lipinski definition) is 4. The van der Waals surface area contributed by atoms with E-state index in [0.717, 1.165) is 5.56 Å². The van der Waals surface area contributed by atoms with E-state index in [1.54, 1.807) is 30.6 Å². The lowest BCUT2D eigenvalue weighted by Gasteiger charge is -2.13. The number of pyridine rings is 1. The van der Waals surface area contributed by atoms with Gasteiger partial charge in [-0.2, -0.15) is 0 Å². The number of amides is 1. The van der Waals surface area contributed by atoms with E-state index in [-0.39, 0.29) is 5.91 Å². The molecule has 1 N–H and O–H groups in total. The second-order valence-electron chi connectivity index (χ2n) is 4.24. The van der Waals surface area contributed by atoms with Crippen molar-refractivity contribution in [2.45, 2.75) is 6.92 Å². The molecular weight excluding hydrogens is 256 g/mol. The van der Waals surface area contributed by atoms with E-state index in [2.05, 4.69) is 10.3 Å². The van der Waals surface area contributed by atoms with Gasteiger partial charge in [0.05, 0.1) is 26.1 Å². The summed E-state index contributed by atoms with van der Waals surface area (Å²) in [6.45, 7) is 1.91. The predicted molar refractivity (Wildman–Crippen MR) is 76.5 cm³/mol. The quantitative estimate of drug-likeness (QED) is 0.929. The van der Waals surface area contributed by atoms with Crippen molar-refractivity contribution in [3.63, 3.8) is 0 Å². The molecule has 5 nitrogen and oxygen atoms in total. The Labute approximate surface area is 117 Å². The van der Waals surface area contributed by atoms with Crippen molar-refractivity contribution in [3.8, 4) is 11.5 Å². The van der Waals surface area contributed by atoms with Crippen molar-refractivity contribution in [1.82, 2.24) is 4.98 Å². The second kappa shape index (κ2) is 6.06. The number of nitrogens with one attached hydrogen (secondary N) is 1. The van der Waals surface area contributed by atoms with Gasteiger partial charge < -0.3 is 14.8 Å². The fraction of sp³-hybridized carbons (Fsp3) is 0.200. The van der Waals surface area contributed by atoms with Crippen molar-refractivity contribution in [1.29, 1.82) is 0 Å². The van der Waals surface area contributed by atoms with Crippen LogP contribution in [-0.2, 0) is 0 Å². The number of nitrogens with zero attached hydrogens (tertiary/aromatic N) is 1. The lowest BCUT2D eigenvalue weighted by molar-refractivity contribution is 0.102. The van der Waals surface area contributed by atoms with Crippen molar-refractivity contribution in [3.05, 3.63) is 47.8 Å². The smallest absolute Gasteiger partial charge is 0.263 e. The van der Waals surface area contributed by atoms with Crippen LogP contribution in [0.1, 0.15) is 15.9 Å². The van der Waals surface area contributed by atoms with Crippen LogP contribution < -0.4 is 14.8 Å². The molecule has 0 aliphatic heterocycles. The van der Waals surface area contributed by atoms with Crippen molar-refractivity contribution < 1.29 is 14.3 Å². The van der Waals surface area contributed by atoms with Crippen LogP contribution in [-0.4, -0.2) is 25.1 Å². The highest BCUT2D eigenvalue weighted by molar-refractivity contribution is 6.08. The molecule has 20 heavy (non-hydrogen) atoms. The molecule has 1 amide bonds. The molecule has 104 valence electrons. The van der Waals surface area contributed by atoms with Gasteiger partial charge in [0.2, 0.25) is 0 Å². The average Bonchev–Trinajstić information content (AvgIpc) is 2.46. The molecule has 0 atom stereocenters. The Bertz CT molecular complexity index is 604. The van der Waals surface area contributed by atoms with E-state index >= 15 is 0 Å². The molecule has 2 aromatic rings. The molecule has 0 aliphatic carbocycles. The Kier molecular flexibility index (Phi) is 4.20. The van der Waals surface area contributed by atoms with E-state index in [9.17, 15) is 4.79 Å². The molecular formula is C15H16N2O3. The van der Waals surface area contributed by atoms with Crippen LogP contribution >= 0.6 is 0 Å². The third-order valence-electron chi connectivity index (χ3n) is 2.79. The van der Waals surface area contributed by atoms with E-state index in [1.165, 1.54) is 14.2 Å². The van der Waals surface area contributed by atoms with Gasteiger partial charge in [-0.25, -0.2) is 0 Å². The molecule has 0 saturated heterocycles. The number of hydrogen-bond donors (Lipinski definition) is 1. The third kappa shape index (κ3) is 2.88. The van der Waals surface area contributed by atoms with E-state index in [4.69, 9.17) is 9.47 Å². The Balaban J connectivity index is 2.33. The first-order chi connectivity index (χ1) is 9.65. The minimum atomic E-state index is -0.299. The van der Waals surface area contributed by atoms with Crippen LogP contribution in [0.5, 0.6) is 11.5 Å². The van der Waals surface area contributed by atoms with Gasteiger partial charge in [-0.3, -0.25) is 9.78 Å². The monoisotopic (exact) mass is 272 g/mol. The standard InChI is InChI=1S/C15H16N2O3/c1-10-7-11(9-16-8-10)17-15(18)14-12(19-2)5-4-6-13(14)20-3/h4-9H,1-3H3,(H,17,18). The summed E-state index contributed by atoms with van der Waals surface area (Å²) in [5.74, 6) is 0.622. The maximum atomic E-state index is 12.4. The number of ether oxygens (including phenoxy) is 2. The molecule has 0 aliphatic rings. The Morgan fingerprint density at radius 3 is 2.35 bits per heavy atom. The minimum absolute atomic E-state index is 0.299. The number of methoxy groups -OCH3 is 2. The summed E-state index contributed by atoms with van der Waals surface area (Å²) >= 11 is 0. The third-order valence-corrected chi connectivity index (χ3v) is 2.79. The van der Waals surface area contributed by atoms with Crippen LogP contribution in [0.4, 0.5) is 5.69 Å². The maximum absolute atomic E-state index is 12.4. The van der Waals surface area contributed by atoms with Gasteiger partial charge >= 0.3 is 0 Å². The van der Waals surface area contributed by atoms with E-state index in [0.29, 0.717) is 22.7 Å². The number of benzene rings is 1. The van der Waals surface area contributed by atoms with Gasteiger partial charge in [0.25, 0.3) is 5.91 Å². The predicted octanol–water partition coefficient (Wildman–Crippen LogP) is 2.66. The highest BCUT2D eigenvalue weighted by Gasteiger charge is 2.18. The van der Waals surface area contributed by atoms with Crippen molar-refractivity contribution in [2.24, 2.45) is 0 Å². The number of aromatic nitrogens is 1. The Morgan fingerprint density at radius 1 is 1.15 bits per heavy atom. The summed E-state index contributed by atoms with van der Waals surface area (Å²) < 4.78 is 10.4. The molecule has 0 saturated carbocycles. The minimum Gasteiger partial charge on any atom is -0.496 e. The molecule has 1 aromatic heterocycles. The maximum Gasteiger partial charge on any atom is 0.263 e. The number of anilines is 1. The molecule has 0 fully saturated rings. The molecule has 0 radical (unpaired) electrons. The summed E-state index contributed by atoms with van der Waals surface area (Å²) in [4.78, 5) is 16.4. The summed E-state index contributed by atoms with van der Waals surface area (Å²) in [6, 6.07) is 7.04. The topological polar surface area (TPSA) is 60.5 Å². The largest absolute Gasteiger partial charge is 0.496 e. The Hall–Kier alpha value is -2.56. The number of rotatable bonds is 4. The zero-order chi connectivity index (χ0) is 14.5. The van der Waals surface area contributed by atoms with Gasteiger partial charge in [-0.05, 0) is 30.7 Å². The van der Waals surface area contributed by atoms with Crippen LogP contribution in [0.3, 0.4) is 0 Å². The zero-order valence-electron chi connectivity index (χ0n) is 11.6. The first-order valence-electron chi connectivity index (χ1n) is 6.09. The van der Waals surface area contributed by atoms with Gasteiger partial charge in [0.1, 0.15) is 17.1 Å². The fourth-order valence-corrected chi connectivity index (χ4v) is 1.89. The molecule has 5 heteroatoms. The lowest BCUT2D eigenvalue weighted by Crippen LogP contribution is -2.14. The SMILES string of the molecule is COc1cccc(OC)c1C(=O)Nc1cncc(C)c1. The average molecular weight is 272 g/mol. The molecule has 1 heterocycles. The van der Waals surface area contributed by atoms with Crippen LogP contribution in [0.2, 0.25) is 0 Å². The first-order valence-corrected chi connectivity index (χ1v) is 6.09. The van der Waals surface area contributed by atoms with Crippen LogP contribution in [0.15, 0.2) is 36.7 Å². The molecule has 0 bridgehead atoms. The molecule has 2 rings (SSSR count). The van der Waals surface area contributed by atoms with Gasteiger partial charge in [0.15, 0.2) is 0 Å². The molecule has 0 unspecified atom stereocenters. The fourth-order valence-electron chi connectivity index (χ4n) is 1.89. The highest BCUT2D eigenvalue weighted by atomic mass is 16.5. The number of carbonyl (C=O) groups is 1. The normalized spacial score (nSPS) is 9.95. The summed E-state index contributed by atoms with van der Waals surface area (Å²) in [6.07, 6.45) is 3.31.